The molecule has 1 aliphatic carbocycles. The smallest absolute Gasteiger partial charge is 0.122 e. The molecule has 1 unspecified atom stereocenters. The third kappa shape index (κ3) is 5.35. The van der Waals surface area contributed by atoms with Crippen LogP contribution in [0.1, 0.15) is 57.4 Å². The van der Waals surface area contributed by atoms with E-state index in [1.165, 1.54) is 50.5 Å². The van der Waals surface area contributed by atoms with E-state index in [0.717, 1.165) is 24.6 Å². The predicted molar refractivity (Wildman–Crippen MR) is 90.0 cm³/mol. The van der Waals surface area contributed by atoms with Crippen LogP contribution >= 0.6 is 0 Å². The van der Waals surface area contributed by atoms with Crippen molar-refractivity contribution in [2.24, 2.45) is 5.92 Å². The van der Waals surface area contributed by atoms with Gasteiger partial charge in [-0.2, -0.15) is 0 Å². The second-order valence-corrected chi connectivity index (χ2v) is 6.39. The molecule has 2 nitrogen and oxygen atoms in total. The van der Waals surface area contributed by atoms with Crippen molar-refractivity contribution in [3.63, 3.8) is 0 Å². The van der Waals surface area contributed by atoms with Gasteiger partial charge in [-0.15, -0.1) is 0 Å². The van der Waals surface area contributed by atoms with Gasteiger partial charge in [0.15, 0.2) is 0 Å². The molecule has 1 aromatic carbocycles. The molecule has 1 saturated carbocycles. The van der Waals surface area contributed by atoms with E-state index in [0.29, 0.717) is 6.04 Å². The maximum absolute atomic E-state index is 5.50. The summed E-state index contributed by atoms with van der Waals surface area (Å²) in [4.78, 5) is 0. The Morgan fingerprint density at radius 2 is 2.00 bits per heavy atom. The average molecular weight is 289 g/mol. The third-order valence-electron chi connectivity index (χ3n) is 4.74. The van der Waals surface area contributed by atoms with Crippen LogP contribution in [0.2, 0.25) is 0 Å². The second kappa shape index (κ2) is 9.09. The fourth-order valence-electron chi connectivity index (χ4n) is 3.50. The molecule has 0 aromatic heterocycles. The lowest BCUT2D eigenvalue weighted by molar-refractivity contribution is 0.386. The summed E-state index contributed by atoms with van der Waals surface area (Å²) in [6.07, 6.45) is 10.8. The molecule has 21 heavy (non-hydrogen) atoms. The highest BCUT2D eigenvalue weighted by atomic mass is 16.5. The van der Waals surface area contributed by atoms with E-state index < -0.39 is 0 Å². The number of hydrogen-bond acceptors (Lipinski definition) is 2. The topological polar surface area (TPSA) is 21.3 Å². The molecule has 0 saturated heterocycles. The van der Waals surface area contributed by atoms with Crippen LogP contribution in [0.4, 0.5) is 0 Å². The highest BCUT2D eigenvalue weighted by molar-refractivity contribution is 5.33. The summed E-state index contributed by atoms with van der Waals surface area (Å²) in [5.41, 5.74) is 1.33. The van der Waals surface area contributed by atoms with E-state index in [2.05, 4.69) is 36.5 Å². The molecule has 118 valence electrons. The summed E-state index contributed by atoms with van der Waals surface area (Å²) in [6.45, 7) is 3.36. The Hall–Kier alpha value is -1.02. The number of hydrogen-bond donors (Lipinski definition) is 1. The number of para-hydroxylation sites is 1. The van der Waals surface area contributed by atoms with Crippen molar-refractivity contribution < 1.29 is 4.74 Å². The quantitative estimate of drug-likeness (QED) is 0.718. The molecule has 2 heteroatoms. The lowest BCUT2D eigenvalue weighted by Gasteiger charge is -2.21. The van der Waals surface area contributed by atoms with Gasteiger partial charge in [-0.3, -0.25) is 0 Å². The zero-order valence-corrected chi connectivity index (χ0v) is 13.7. The van der Waals surface area contributed by atoms with E-state index in [4.69, 9.17) is 4.74 Å². The monoisotopic (exact) mass is 289 g/mol. The predicted octanol–water partition coefficient (Wildman–Crippen LogP) is 4.58. The van der Waals surface area contributed by atoms with E-state index >= 15 is 0 Å². The fourth-order valence-corrected chi connectivity index (χ4v) is 3.50. The largest absolute Gasteiger partial charge is 0.496 e. The van der Waals surface area contributed by atoms with Crippen molar-refractivity contribution in [2.45, 2.75) is 64.3 Å². The summed E-state index contributed by atoms with van der Waals surface area (Å²) in [6, 6.07) is 9.03. The van der Waals surface area contributed by atoms with Gasteiger partial charge in [0, 0.05) is 6.04 Å². The van der Waals surface area contributed by atoms with E-state index in [-0.39, 0.29) is 0 Å². The minimum Gasteiger partial charge on any atom is -0.496 e. The summed E-state index contributed by atoms with van der Waals surface area (Å²) >= 11 is 0. The Balaban J connectivity index is 1.90. The Kier molecular flexibility index (Phi) is 7.08. The van der Waals surface area contributed by atoms with Crippen LogP contribution in [0.3, 0.4) is 0 Å². The fraction of sp³-hybridized carbons (Fsp3) is 0.684. The van der Waals surface area contributed by atoms with Crippen molar-refractivity contribution in [1.82, 2.24) is 5.32 Å². The van der Waals surface area contributed by atoms with Gasteiger partial charge in [0.05, 0.1) is 7.11 Å². The molecule has 0 heterocycles. The van der Waals surface area contributed by atoms with Gasteiger partial charge < -0.3 is 10.1 Å². The zero-order chi connectivity index (χ0) is 14.9. The Bertz CT molecular complexity index is 398. The Morgan fingerprint density at radius 3 is 2.71 bits per heavy atom. The van der Waals surface area contributed by atoms with Crippen LogP contribution in [0, 0.1) is 5.92 Å². The molecule has 1 aliphatic rings. The van der Waals surface area contributed by atoms with Gasteiger partial charge in [0.25, 0.3) is 0 Å². The lowest BCUT2D eigenvalue weighted by atomic mass is 9.94. The molecule has 0 aliphatic heterocycles. The minimum atomic E-state index is 0.585. The molecular formula is C19H31NO. The van der Waals surface area contributed by atoms with Crippen molar-refractivity contribution in [3.05, 3.63) is 29.8 Å². The molecule has 0 amide bonds. The van der Waals surface area contributed by atoms with E-state index in [9.17, 15) is 0 Å². The number of rotatable bonds is 9. The second-order valence-electron chi connectivity index (χ2n) is 6.39. The number of nitrogens with one attached hydrogen (secondary N) is 1. The first-order chi connectivity index (χ1) is 10.3. The van der Waals surface area contributed by atoms with Gasteiger partial charge in [-0.25, -0.2) is 0 Å². The van der Waals surface area contributed by atoms with Crippen molar-refractivity contribution in [2.75, 3.05) is 13.7 Å². The molecule has 1 aromatic rings. The highest BCUT2D eigenvalue weighted by Crippen LogP contribution is 2.29. The van der Waals surface area contributed by atoms with E-state index in [1.807, 2.05) is 0 Å². The third-order valence-corrected chi connectivity index (χ3v) is 4.74. The van der Waals surface area contributed by atoms with Crippen molar-refractivity contribution in [3.8, 4) is 5.75 Å². The molecule has 0 bridgehead atoms. The molecule has 1 N–H and O–H groups in total. The molecule has 0 radical (unpaired) electrons. The van der Waals surface area contributed by atoms with Gasteiger partial charge in [-0.05, 0) is 49.8 Å². The summed E-state index contributed by atoms with van der Waals surface area (Å²) in [5.74, 6) is 2.01. The van der Waals surface area contributed by atoms with Crippen LogP contribution in [0.5, 0.6) is 5.75 Å². The zero-order valence-electron chi connectivity index (χ0n) is 13.7. The molecule has 2 rings (SSSR count). The van der Waals surface area contributed by atoms with Crippen LogP contribution in [0.15, 0.2) is 24.3 Å². The van der Waals surface area contributed by atoms with Crippen molar-refractivity contribution in [1.29, 1.82) is 0 Å². The first kappa shape index (κ1) is 16.4. The Morgan fingerprint density at radius 1 is 1.24 bits per heavy atom. The van der Waals surface area contributed by atoms with Gasteiger partial charge in [0.2, 0.25) is 0 Å². The van der Waals surface area contributed by atoms with Gasteiger partial charge >= 0.3 is 0 Å². The maximum atomic E-state index is 5.50. The average Bonchev–Trinajstić information content (AvgIpc) is 3.04. The summed E-state index contributed by atoms with van der Waals surface area (Å²) in [7, 11) is 1.77. The van der Waals surface area contributed by atoms with Crippen molar-refractivity contribution >= 4 is 0 Å². The van der Waals surface area contributed by atoms with E-state index in [1.54, 1.807) is 7.11 Å². The first-order valence-corrected chi connectivity index (χ1v) is 8.68. The standard InChI is InChI=1S/C19H31NO/c1-3-14-20-18(13-12-16-8-4-5-9-16)15-17-10-6-7-11-19(17)21-2/h6-7,10-11,16,18,20H,3-5,8-9,12-15H2,1-2H3. The van der Waals surface area contributed by atoms with Crippen LogP contribution in [-0.2, 0) is 6.42 Å². The number of ether oxygens (including phenoxy) is 1. The van der Waals surface area contributed by atoms with Crippen LogP contribution in [-0.4, -0.2) is 19.7 Å². The lowest BCUT2D eigenvalue weighted by Crippen LogP contribution is -2.32. The SMILES string of the molecule is CCCNC(CCC1CCCC1)Cc1ccccc1OC. The normalized spacial score (nSPS) is 17.0. The first-order valence-electron chi connectivity index (χ1n) is 8.68. The highest BCUT2D eigenvalue weighted by Gasteiger charge is 2.18. The molecule has 1 fully saturated rings. The van der Waals surface area contributed by atoms with Gasteiger partial charge in [0.1, 0.15) is 5.75 Å². The summed E-state index contributed by atoms with van der Waals surface area (Å²) in [5, 5.41) is 3.74. The Labute approximate surface area is 130 Å². The molecular weight excluding hydrogens is 258 g/mol. The van der Waals surface area contributed by atoms with Crippen LogP contribution < -0.4 is 10.1 Å². The number of benzene rings is 1. The van der Waals surface area contributed by atoms with Gasteiger partial charge in [-0.1, -0.05) is 50.8 Å². The number of methoxy groups -OCH3 is 1. The maximum Gasteiger partial charge on any atom is 0.122 e. The molecule has 0 spiro atoms. The minimum absolute atomic E-state index is 0.585. The molecule has 1 atom stereocenters. The van der Waals surface area contributed by atoms with Crippen LogP contribution in [0.25, 0.3) is 0 Å². The summed E-state index contributed by atoms with van der Waals surface area (Å²) < 4.78 is 5.50.